The van der Waals surface area contributed by atoms with Crippen molar-refractivity contribution in [2.45, 2.75) is 31.7 Å². The minimum Gasteiger partial charge on any atom is -0.481 e. The largest absolute Gasteiger partial charge is 0.481 e. The minimum absolute atomic E-state index is 0.0787. The van der Waals surface area contributed by atoms with Gasteiger partial charge in [-0.25, -0.2) is 4.79 Å². The van der Waals surface area contributed by atoms with E-state index in [1.165, 1.54) is 6.20 Å². The molecule has 8 heteroatoms. The van der Waals surface area contributed by atoms with Crippen LogP contribution in [-0.2, 0) is 14.3 Å². The third-order valence-corrected chi connectivity index (χ3v) is 5.78. The van der Waals surface area contributed by atoms with Gasteiger partial charge in [-0.15, -0.1) is 0 Å². The molecule has 34 heavy (non-hydrogen) atoms. The number of anilines is 1. The van der Waals surface area contributed by atoms with Gasteiger partial charge in [-0.05, 0) is 47.7 Å². The molecule has 1 aliphatic carbocycles. The Morgan fingerprint density at radius 2 is 1.65 bits per heavy atom. The highest BCUT2D eigenvalue weighted by Crippen LogP contribution is 2.44. The van der Waals surface area contributed by atoms with E-state index in [1.807, 2.05) is 55.5 Å². The zero-order valence-corrected chi connectivity index (χ0v) is 18.7. The summed E-state index contributed by atoms with van der Waals surface area (Å²) in [7, 11) is 0. The molecule has 1 atom stereocenters. The van der Waals surface area contributed by atoms with Crippen LogP contribution >= 0.6 is 0 Å². The molecule has 3 aromatic rings. The van der Waals surface area contributed by atoms with E-state index in [-0.39, 0.29) is 25.4 Å². The van der Waals surface area contributed by atoms with Crippen LogP contribution in [0.1, 0.15) is 35.6 Å². The number of ether oxygens (including phenoxy) is 1. The Balaban J connectivity index is 1.42. The molecule has 2 amide bonds. The molecule has 1 heterocycles. The normalized spacial score (nSPS) is 12.9. The van der Waals surface area contributed by atoms with Crippen molar-refractivity contribution in [1.29, 1.82) is 0 Å². The van der Waals surface area contributed by atoms with Gasteiger partial charge in [0, 0.05) is 18.0 Å². The minimum atomic E-state index is -1.08. The smallest absolute Gasteiger partial charge is 0.407 e. The molecule has 0 saturated heterocycles. The van der Waals surface area contributed by atoms with Gasteiger partial charge in [-0.1, -0.05) is 48.5 Å². The number of aryl methyl sites for hydroxylation is 1. The Morgan fingerprint density at radius 1 is 1.00 bits per heavy atom. The van der Waals surface area contributed by atoms with E-state index in [0.29, 0.717) is 5.69 Å². The molecule has 0 bridgehead atoms. The maximum Gasteiger partial charge on any atom is 0.407 e. The Kier molecular flexibility index (Phi) is 6.87. The summed E-state index contributed by atoms with van der Waals surface area (Å²) in [5.41, 5.74) is 5.60. The number of pyridine rings is 1. The Labute approximate surface area is 197 Å². The summed E-state index contributed by atoms with van der Waals surface area (Å²) in [4.78, 5) is 40.5. The van der Waals surface area contributed by atoms with Gasteiger partial charge in [0.1, 0.15) is 12.6 Å². The van der Waals surface area contributed by atoms with Crippen LogP contribution in [0.25, 0.3) is 11.1 Å². The number of aliphatic carboxylic acids is 1. The second kappa shape index (κ2) is 10.2. The Morgan fingerprint density at radius 3 is 2.24 bits per heavy atom. The molecule has 0 radical (unpaired) electrons. The maximum atomic E-state index is 12.7. The van der Waals surface area contributed by atoms with Crippen molar-refractivity contribution >= 4 is 23.7 Å². The van der Waals surface area contributed by atoms with Gasteiger partial charge in [0.05, 0.1) is 11.9 Å². The van der Waals surface area contributed by atoms with Crippen LogP contribution < -0.4 is 10.6 Å². The number of nitrogens with zero attached hydrogens (tertiary/aromatic N) is 1. The number of amides is 2. The molecule has 1 aromatic heterocycles. The summed E-state index contributed by atoms with van der Waals surface area (Å²) < 4.78 is 5.50. The van der Waals surface area contributed by atoms with E-state index in [4.69, 9.17) is 9.84 Å². The van der Waals surface area contributed by atoms with E-state index in [2.05, 4.69) is 15.6 Å². The second-order valence-corrected chi connectivity index (χ2v) is 8.13. The van der Waals surface area contributed by atoms with Crippen molar-refractivity contribution in [2.75, 3.05) is 11.9 Å². The Hall–Kier alpha value is -4.20. The molecule has 4 rings (SSSR count). The predicted octanol–water partition coefficient (Wildman–Crippen LogP) is 4.10. The van der Waals surface area contributed by atoms with Crippen LogP contribution in [0, 0.1) is 6.92 Å². The van der Waals surface area contributed by atoms with Crippen molar-refractivity contribution in [2.24, 2.45) is 0 Å². The average Bonchev–Trinajstić information content (AvgIpc) is 3.15. The zero-order chi connectivity index (χ0) is 24.1. The van der Waals surface area contributed by atoms with Crippen LogP contribution in [0.4, 0.5) is 10.5 Å². The molecule has 8 nitrogen and oxygen atoms in total. The number of carboxylic acid groups (broad SMARTS) is 1. The summed E-state index contributed by atoms with van der Waals surface area (Å²) >= 11 is 0. The number of fused-ring (bicyclic) bond motifs is 3. The molecule has 0 aliphatic heterocycles. The molecule has 0 spiro atoms. The number of aromatic nitrogens is 1. The lowest BCUT2D eigenvalue weighted by Crippen LogP contribution is -2.44. The third-order valence-electron chi connectivity index (χ3n) is 5.78. The average molecular weight is 460 g/mol. The number of carboxylic acids is 1. The second-order valence-electron chi connectivity index (χ2n) is 8.13. The Bertz CT molecular complexity index is 1160. The van der Waals surface area contributed by atoms with Gasteiger partial charge < -0.3 is 20.5 Å². The molecule has 1 unspecified atom stereocenters. The monoisotopic (exact) mass is 459 g/mol. The summed E-state index contributed by atoms with van der Waals surface area (Å²) in [6, 6.07) is 18.3. The van der Waals surface area contributed by atoms with E-state index >= 15 is 0 Å². The number of carbonyl (C=O) groups is 3. The van der Waals surface area contributed by atoms with Gasteiger partial charge in [-0.2, -0.15) is 0 Å². The highest BCUT2D eigenvalue weighted by Gasteiger charge is 2.30. The van der Waals surface area contributed by atoms with Gasteiger partial charge >= 0.3 is 12.1 Å². The molecule has 3 N–H and O–H groups in total. The maximum absolute atomic E-state index is 12.7. The number of nitrogens with one attached hydrogen (secondary N) is 2. The van der Waals surface area contributed by atoms with E-state index in [1.54, 1.807) is 12.1 Å². The molecule has 174 valence electrons. The number of hydrogen-bond donors (Lipinski definition) is 3. The first-order valence-electron chi connectivity index (χ1n) is 11.0. The van der Waals surface area contributed by atoms with Crippen molar-refractivity contribution in [1.82, 2.24) is 10.3 Å². The molecule has 0 fully saturated rings. The summed E-state index contributed by atoms with van der Waals surface area (Å²) in [5, 5.41) is 14.2. The fourth-order valence-corrected chi connectivity index (χ4v) is 4.09. The van der Waals surface area contributed by atoms with Crippen molar-refractivity contribution in [3.63, 3.8) is 0 Å². The summed E-state index contributed by atoms with van der Waals surface area (Å²) in [5.74, 6) is -1.73. The van der Waals surface area contributed by atoms with E-state index in [0.717, 1.165) is 27.9 Å². The standard InChI is InChI=1S/C26H25N3O5/c1-16-10-11-17(14-27-16)28-25(32)23(12-13-24(30)31)29-26(33)34-15-22-20-8-4-2-6-18(20)19-7-3-5-9-21(19)22/h2-11,14,22-23H,12-13,15H2,1H3,(H,28,32)(H,29,33)(H,30,31). The fraction of sp³-hybridized carbons (Fsp3) is 0.231. The lowest BCUT2D eigenvalue weighted by Gasteiger charge is -2.19. The van der Waals surface area contributed by atoms with Gasteiger partial charge in [0.2, 0.25) is 5.91 Å². The molecule has 2 aromatic carbocycles. The first kappa shape index (κ1) is 23.0. The quantitative estimate of drug-likeness (QED) is 0.467. The SMILES string of the molecule is Cc1ccc(NC(=O)C(CCC(=O)O)NC(=O)OCC2c3ccccc3-c3ccccc32)cn1. The van der Waals surface area contributed by atoms with Crippen LogP contribution in [0.3, 0.4) is 0 Å². The van der Waals surface area contributed by atoms with Gasteiger partial charge in [0.25, 0.3) is 0 Å². The fourth-order valence-electron chi connectivity index (χ4n) is 4.09. The highest BCUT2D eigenvalue weighted by molar-refractivity contribution is 5.96. The number of alkyl carbamates (subject to hydrolysis) is 1. The lowest BCUT2D eigenvalue weighted by molar-refractivity contribution is -0.137. The zero-order valence-electron chi connectivity index (χ0n) is 18.7. The number of carbonyl (C=O) groups excluding carboxylic acids is 2. The van der Waals surface area contributed by atoms with Crippen LogP contribution in [0.15, 0.2) is 66.9 Å². The van der Waals surface area contributed by atoms with Crippen molar-refractivity contribution < 1.29 is 24.2 Å². The third kappa shape index (κ3) is 5.23. The first-order valence-corrected chi connectivity index (χ1v) is 11.0. The van der Waals surface area contributed by atoms with Crippen molar-refractivity contribution in [3.05, 3.63) is 83.7 Å². The number of rotatable bonds is 8. The van der Waals surface area contributed by atoms with E-state index < -0.39 is 24.0 Å². The van der Waals surface area contributed by atoms with Crippen LogP contribution in [-0.4, -0.2) is 40.7 Å². The topological polar surface area (TPSA) is 118 Å². The summed E-state index contributed by atoms with van der Waals surface area (Å²) in [6.07, 6.45) is 0.349. The lowest BCUT2D eigenvalue weighted by atomic mass is 9.98. The first-order chi connectivity index (χ1) is 16.4. The van der Waals surface area contributed by atoms with E-state index in [9.17, 15) is 14.4 Å². The number of hydrogen-bond acceptors (Lipinski definition) is 5. The highest BCUT2D eigenvalue weighted by atomic mass is 16.5. The van der Waals surface area contributed by atoms with Crippen LogP contribution in [0.2, 0.25) is 0 Å². The number of benzene rings is 2. The molecule has 0 saturated carbocycles. The van der Waals surface area contributed by atoms with Gasteiger partial charge in [-0.3, -0.25) is 14.6 Å². The molecular weight excluding hydrogens is 434 g/mol. The summed E-state index contributed by atoms with van der Waals surface area (Å²) in [6.45, 7) is 1.91. The molecule has 1 aliphatic rings. The molecular formula is C26H25N3O5. The predicted molar refractivity (Wildman–Crippen MR) is 126 cm³/mol. The van der Waals surface area contributed by atoms with Crippen molar-refractivity contribution in [3.8, 4) is 11.1 Å². The van der Waals surface area contributed by atoms with Crippen LogP contribution in [0.5, 0.6) is 0 Å². The van der Waals surface area contributed by atoms with Gasteiger partial charge in [0.15, 0.2) is 0 Å².